The van der Waals surface area contributed by atoms with Gasteiger partial charge in [0.25, 0.3) is 0 Å². The summed E-state index contributed by atoms with van der Waals surface area (Å²) in [5.41, 5.74) is 6.99. The number of aromatic nitrogens is 6. The van der Waals surface area contributed by atoms with Gasteiger partial charge in [-0.25, -0.2) is 18.7 Å². The Kier molecular flexibility index (Phi) is 8.78. The number of nitrogens with zero attached hydrogens (tertiary/aromatic N) is 6. The number of ether oxygens (including phenoxy) is 2. The van der Waals surface area contributed by atoms with E-state index in [1.807, 2.05) is 98.8 Å². The van der Waals surface area contributed by atoms with Gasteiger partial charge in [-0.2, -0.15) is 0 Å². The first-order chi connectivity index (χ1) is 30.3. The number of benzene rings is 6. The number of aryl methyl sites for hydroxylation is 2. The van der Waals surface area contributed by atoms with Gasteiger partial charge in [0.15, 0.2) is 0 Å². The van der Waals surface area contributed by atoms with Crippen LogP contribution in [-0.4, -0.2) is 29.1 Å². The van der Waals surface area contributed by atoms with E-state index in [1.165, 1.54) is 24.5 Å². The van der Waals surface area contributed by atoms with Crippen molar-refractivity contribution in [2.75, 3.05) is 0 Å². The third-order valence-corrected chi connectivity index (χ3v) is 11.1. The van der Waals surface area contributed by atoms with Gasteiger partial charge < -0.3 is 9.47 Å². The van der Waals surface area contributed by atoms with Crippen LogP contribution in [0.3, 0.4) is 0 Å². The molecular formula is C52H34F2N6O2. The first-order valence-corrected chi connectivity index (χ1v) is 20.0. The molecule has 0 spiro atoms. The van der Waals surface area contributed by atoms with Gasteiger partial charge in [0, 0.05) is 57.2 Å². The molecule has 10 heteroatoms. The highest BCUT2D eigenvalue weighted by molar-refractivity contribution is 6.10. The van der Waals surface area contributed by atoms with Gasteiger partial charge in [-0.1, -0.05) is 36.4 Å². The molecule has 0 radical (unpaired) electrons. The van der Waals surface area contributed by atoms with E-state index < -0.39 is 11.6 Å². The number of halogens is 2. The third-order valence-electron chi connectivity index (χ3n) is 11.1. The average molecular weight is 813 g/mol. The predicted octanol–water partition coefficient (Wildman–Crippen LogP) is 13.3. The number of hydrogen-bond donors (Lipinski definition) is 0. The molecule has 298 valence electrons. The Labute approximate surface area is 354 Å². The van der Waals surface area contributed by atoms with Crippen molar-refractivity contribution >= 4 is 43.6 Å². The lowest BCUT2D eigenvalue weighted by Crippen LogP contribution is -1.98. The van der Waals surface area contributed by atoms with Crippen LogP contribution in [0.2, 0.25) is 0 Å². The second kappa shape index (κ2) is 14.8. The topological polar surface area (TPSA) is 79.9 Å². The molecule has 0 amide bonds. The van der Waals surface area contributed by atoms with Crippen LogP contribution in [-0.2, 0) is 0 Å². The summed E-state index contributed by atoms with van der Waals surface area (Å²) in [4.78, 5) is 18.4. The Morgan fingerprint density at radius 2 is 0.806 bits per heavy atom. The molecule has 0 aliphatic carbocycles. The van der Waals surface area contributed by atoms with Crippen molar-refractivity contribution in [2.45, 2.75) is 13.8 Å². The minimum atomic E-state index is -0.503. The summed E-state index contributed by atoms with van der Waals surface area (Å²) in [6, 6.07) is 45.2. The van der Waals surface area contributed by atoms with Crippen molar-refractivity contribution in [3.8, 4) is 57.1 Å². The van der Waals surface area contributed by atoms with E-state index in [4.69, 9.17) is 9.47 Å². The maximum Gasteiger partial charge on any atom is 0.137 e. The average Bonchev–Trinajstić information content (AvgIpc) is 3.80. The van der Waals surface area contributed by atoms with Crippen LogP contribution >= 0.6 is 0 Å². The van der Waals surface area contributed by atoms with Crippen molar-refractivity contribution in [3.05, 3.63) is 193 Å². The quantitative estimate of drug-likeness (QED) is 0.152. The molecule has 6 aromatic carbocycles. The summed E-state index contributed by atoms with van der Waals surface area (Å²) in [5, 5.41) is 4.30. The van der Waals surface area contributed by atoms with Gasteiger partial charge >= 0.3 is 0 Å². The Hall–Kier alpha value is -8.24. The number of fused-ring (bicyclic) bond motifs is 6. The molecule has 0 bridgehead atoms. The predicted molar refractivity (Wildman–Crippen MR) is 240 cm³/mol. The molecule has 11 aromatic rings. The minimum absolute atomic E-state index is 0.187. The van der Waals surface area contributed by atoms with Crippen LogP contribution in [0.5, 0.6) is 23.0 Å². The van der Waals surface area contributed by atoms with Crippen molar-refractivity contribution in [3.63, 3.8) is 0 Å². The molecule has 0 aliphatic rings. The fraction of sp³-hybridized carbons (Fsp3) is 0.0385. The normalized spacial score (nSPS) is 11.5. The Morgan fingerprint density at radius 3 is 1.24 bits per heavy atom. The zero-order chi connectivity index (χ0) is 41.9. The highest BCUT2D eigenvalue weighted by atomic mass is 19.1. The molecule has 0 saturated heterocycles. The highest BCUT2D eigenvalue weighted by Crippen LogP contribution is 2.38. The number of hydrogen-bond acceptors (Lipinski definition) is 6. The van der Waals surface area contributed by atoms with E-state index in [0.717, 1.165) is 66.4 Å². The first-order valence-electron chi connectivity index (χ1n) is 20.0. The number of para-hydroxylation sites is 2. The van der Waals surface area contributed by atoms with Crippen LogP contribution in [0, 0.1) is 25.5 Å². The van der Waals surface area contributed by atoms with Crippen LogP contribution in [0.1, 0.15) is 11.1 Å². The summed E-state index contributed by atoms with van der Waals surface area (Å²) in [6.45, 7) is 4.08. The van der Waals surface area contributed by atoms with Gasteiger partial charge in [0.1, 0.15) is 46.3 Å². The standard InChI is InChI=1S/C52H34F2N6O2/c1-31-19-21-55-51(23-31)59-47-9-5-3-7-37(47)39-15-11-35(27-49(39)59)61-33-13-17-43(53)41(25-33)45-29-58-46(30-57-45)42-26-34(14-18-44(42)54)62-36-12-16-40-38-8-4-6-10-48(38)60(50(40)28-36)52-24-32(2)20-22-56-52/h3-30H,1-2H3. The molecule has 0 unspecified atom stereocenters. The van der Waals surface area contributed by atoms with Crippen LogP contribution in [0.4, 0.5) is 8.78 Å². The van der Waals surface area contributed by atoms with Gasteiger partial charge in [-0.3, -0.25) is 19.1 Å². The van der Waals surface area contributed by atoms with Gasteiger partial charge in [-0.15, -0.1) is 0 Å². The summed E-state index contributed by atoms with van der Waals surface area (Å²) in [6.07, 6.45) is 6.46. The van der Waals surface area contributed by atoms with Gasteiger partial charge in [-0.05, 0) is 122 Å². The largest absolute Gasteiger partial charge is 0.457 e. The molecule has 0 N–H and O–H groups in total. The fourth-order valence-electron chi connectivity index (χ4n) is 8.21. The smallest absolute Gasteiger partial charge is 0.137 e. The van der Waals surface area contributed by atoms with E-state index in [0.29, 0.717) is 23.0 Å². The molecule has 0 saturated carbocycles. The Balaban J connectivity index is 0.876. The maximum absolute atomic E-state index is 15.4. The summed E-state index contributed by atoms with van der Waals surface area (Å²) < 4.78 is 47.8. The Bertz CT molecular complexity index is 3310. The fourth-order valence-corrected chi connectivity index (χ4v) is 8.21. The number of pyridine rings is 2. The lowest BCUT2D eigenvalue weighted by molar-refractivity contribution is 0.481. The molecule has 0 atom stereocenters. The van der Waals surface area contributed by atoms with Crippen molar-refractivity contribution in [1.29, 1.82) is 0 Å². The second-order valence-electron chi connectivity index (χ2n) is 15.2. The second-order valence-corrected chi connectivity index (χ2v) is 15.2. The third kappa shape index (κ3) is 6.45. The molecule has 62 heavy (non-hydrogen) atoms. The molecule has 11 rings (SSSR count). The van der Waals surface area contributed by atoms with E-state index in [-0.39, 0.29) is 22.5 Å². The van der Waals surface area contributed by atoms with Gasteiger partial charge in [0.2, 0.25) is 0 Å². The summed E-state index contributed by atoms with van der Waals surface area (Å²) in [5.74, 6) is 2.54. The summed E-state index contributed by atoms with van der Waals surface area (Å²) >= 11 is 0. The SMILES string of the molecule is Cc1ccnc(-n2c3ccccc3c3ccc(Oc4ccc(F)c(-c5cnc(-c6cc(Oc7ccc8c9ccccc9n(-c9cc(C)ccn9)c8c7)ccc6F)cn5)c4)cc32)c1. The van der Waals surface area contributed by atoms with Crippen molar-refractivity contribution in [2.24, 2.45) is 0 Å². The highest BCUT2D eigenvalue weighted by Gasteiger charge is 2.18. The molecule has 0 fully saturated rings. The monoisotopic (exact) mass is 812 g/mol. The summed E-state index contributed by atoms with van der Waals surface area (Å²) in [7, 11) is 0. The minimum Gasteiger partial charge on any atom is -0.457 e. The van der Waals surface area contributed by atoms with Crippen molar-refractivity contribution in [1.82, 2.24) is 29.1 Å². The van der Waals surface area contributed by atoms with Gasteiger partial charge in [0.05, 0.1) is 45.8 Å². The Morgan fingerprint density at radius 1 is 0.403 bits per heavy atom. The molecule has 5 heterocycles. The van der Waals surface area contributed by atoms with E-state index in [2.05, 4.69) is 53.3 Å². The zero-order valence-electron chi connectivity index (χ0n) is 33.4. The molecule has 5 aromatic heterocycles. The van der Waals surface area contributed by atoms with Crippen LogP contribution in [0.15, 0.2) is 170 Å². The van der Waals surface area contributed by atoms with Crippen LogP contribution < -0.4 is 9.47 Å². The maximum atomic E-state index is 15.4. The molecule has 0 aliphatic heterocycles. The van der Waals surface area contributed by atoms with Crippen LogP contribution in [0.25, 0.3) is 77.8 Å². The zero-order valence-corrected chi connectivity index (χ0v) is 33.4. The lowest BCUT2D eigenvalue weighted by Gasteiger charge is -2.12. The van der Waals surface area contributed by atoms with E-state index in [9.17, 15) is 0 Å². The lowest BCUT2D eigenvalue weighted by atomic mass is 10.1. The molecule has 8 nitrogen and oxygen atoms in total. The molecular weight excluding hydrogens is 779 g/mol. The number of rotatable bonds is 8. The van der Waals surface area contributed by atoms with Crippen molar-refractivity contribution < 1.29 is 18.3 Å². The van der Waals surface area contributed by atoms with E-state index in [1.54, 1.807) is 36.7 Å². The van der Waals surface area contributed by atoms with E-state index >= 15 is 8.78 Å². The first kappa shape index (κ1) is 36.8.